The molecule has 0 bridgehead atoms. The third-order valence-corrected chi connectivity index (χ3v) is 4.54. The Labute approximate surface area is 126 Å². The Morgan fingerprint density at radius 2 is 1.95 bits per heavy atom. The van der Waals surface area contributed by atoms with Gasteiger partial charge >= 0.3 is 0 Å². The Balaban J connectivity index is 2.09. The maximum absolute atomic E-state index is 13.6. The minimum atomic E-state index is -0.396. The van der Waals surface area contributed by atoms with Gasteiger partial charge in [0, 0.05) is 26.2 Å². The van der Waals surface area contributed by atoms with Gasteiger partial charge in [0.25, 0.3) is 0 Å². The van der Waals surface area contributed by atoms with Crippen LogP contribution in [0.15, 0.2) is 6.20 Å². The summed E-state index contributed by atoms with van der Waals surface area (Å²) in [5, 5.41) is 3.31. The van der Waals surface area contributed by atoms with Crippen LogP contribution in [0.5, 0.6) is 0 Å². The largest absolute Gasteiger partial charge is 0.360 e. The van der Waals surface area contributed by atoms with E-state index in [1.54, 1.807) is 19.0 Å². The standard InChI is InChI=1S/C15H26FN5/c1-5-21(4)15(8-6-7-9-15)11-18-14-17-10-12(16)13(19-14)20(2)3/h10H,5-9,11H2,1-4H3,(H,17,18,19). The molecule has 1 saturated carbocycles. The molecule has 1 fully saturated rings. The van der Waals surface area contributed by atoms with Crippen molar-refractivity contribution in [2.24, 2.45) is 0 Å². The first kappa shape index (κ1) is 15.9. The summed E-state index contributed by atoms with van der Waals surface area (Å²) in [7, 11) is 5.72. The Kier molecular flexibility index (Phi) is 4.98. The van der Waals surface area contributed by atoms with Gasteiger partial charge in [-0.05, 0) is 26.4 Å². The lowest BCUT2D eigenvalue weighted by atomic mass is 9.95. The first-order valence-corrected chi connectivity index (χ1v) is 7.63. The van der Waals surface area contributed by atoms with Gasteiger partial charge in [-0.2, -0.15) is 4.98 Å². The Bertz CT molecular complexity index is 471. The van der Waals surface area contributed by atoms with Gasteiger partial charge < -0.3 is 10.2 Å². The second-order valence-corrected chi connectivity index (χ2v) is 6.06. The van der Waals surface area contributed by atoms with Crippen LogP contribution in [0, 0.1) is 5.82 Å². The highest BCUT2D eigenvalue weighted by Gasteiger charge is 2.36. The van der Waals surface area contributed by atoms with Gasteiger partial charge in [-0.15, -0.1) is 0 Å². The molecule has 1 aromatic heterocycles. The summed E-state index contributed by atoms with van der Waals surface area (Å²) in [5.74, 6) is 0.416. The maximum atomic E-state index is 13.6. The smallest absolute Gasteiger partial charge is 0.224 e. The summed E-state index contributed by atoms with van der Waals surface area (Å²) < 4.78 is 13.6. The van der Waals surface area contributed by atoms with E-state index in [0.717, 1.165) is 13.1 Å². The molecule has 1 N–H and O–H groups in total. The SMILES string of the molecule is CCN(C)C1(CNc2ncc(F)c(N(C)C)n2)CCCC1. The highest BCUT2D eigenvalue weighted by atomic mass is 19.1. The average Bonchev–Trinajstić information content (AvgIpc) is 2.95. The zero-order valence-corrected chi connectivity index (χ0v) is 13.5. The van der Waals surface area contributed by atoms with E-state index in [-0.39, 0.29) is 5.54 Å². The molecule has 0 radical (unpaired) electrons. The summed E-state index contributed by atoms with van der Waals surface area (Å²) in [4.78, 5) is 12.4. The molecule has 0 spiro atoms. The number of rotatable bonds is 6. The fraction of sp³-hybridized carbons (Fsp3) is 0.733. The predicted octanol–water partition coefficient (Wildman–Crippen LogP) is 2.36. The molecule has 0 aromatic carbocycles. The first-order valence-electron chi connectivity index (χ1n) is 7.63. The summed E-state index contributed by atoms with van der Waals surface area (Å²) in [6.45, 7) is 4.00. The summed E-state index contributed by atoms with van der Waals surface area (Å²) >= 11 is 0. The van der Waals surface area contributed by atoms with Gasteiger partial charge in [-0.25, -0.2) is 9.37 Å². The molecule has 0 saturated heterocycles. The lowest BCUT2D eigenvalue weighted by molar-refractivity contribution is 0.144. The molecular formula is C15H26FN5. The minimum absolute atomic E-state index is 0.171. The van der Waals surface area contributed by atoms with E-state index in [1.807, 2.05) is 0 Å². The van der Waals surface area contributed by atoms with E-state index in [1.165, 1.54) is 31.9 Å². The van der Waals surface area contributed by atoms with E-state index in [9.17, 15) is 4.39 Å². The topological polar surface area (TPSA) is 44.3 Å². The lowest BCUT2D eigenvalue weighted by Crippen LogP contribution is -2.49. The summed E-state index contributed by atoms with van der Waals surface area (Å²) in [6, 6.07) is 0. The van der Waals surface area contributed by atoms with Gasteiger partial charge in [0.05, 0.1) is 6.20 Å². The summed E-state index contributed by atoms with van der Waals surface area (Å²) in [6.07, 6.45) is 6.13. The fourth-order valence-electron chi connectivity index (χ4n) is 3.06. The van der Waals surface area contributed by atoms with Crippen LogP contribution in [0.4, 0.5) is 16.2 Å². The third kappa shape index (κ3) is 3.43. The van der Waals surface area contributed by atoms with Gasteiger partial charge in [-0.1, -0.05) is 19.8 Å². The highest BCUT2D eigenvalue weighted by molar-refractivity contribution is 5.42. The number of likely N-dealkylation sites (N-methyl/N-ethyl adjacent to an activating group) is 1. The molecule has 0 amide bonds. The van der Waals surface area contributed by atoms with Gasteiger partial charge in [0.1, 0.15) is 0 Å². The van der Waals surface area contributed by atoms with Crippen molar-refractivity contribution < 1.29 is 4.39 Å². The van der Waals surface area contributed by atoms with Crippen molar-refractivity contribution in [3.8, 4) is 0 Å². The molecule has 1 aliphatic rings. The monoisotopic (exact) mass is 295 g/mol. The van der Waals surface area contributed by atoms with Crippen molar-refractivity contribution in [1.29, 1.82) is 0 Å². The molecule has 0 aliphatic heterocycles. The molecule has 0 unspecified atom stereocenters. The van der Waals surface area contributed by atoms with Crippen molar-refractivity contribution >= 4 is 11.8 Å². The third-order valence-electron chi connectivity index (χ3n) is 4.54. The van der Waals surface area contributed by atoms with Crippen LogP contribution in [0.1, 0.15) is 32.6 Å². The minimum Gasteiger partial charge on any atom is -0.360 e. The van der Waals surface area contributed by atoms with Crippen LogP contribution in [0.25, 0.3) is 0 Å². The van der Waals surface area contributed by atoms with Crippen LogP contribution in [-0.2, 0) is 0 Å². The van der Waals surface area contributed by atoms with Crippen LogP contribution in [-0.4, -0.2) is 54.6 Å². The molecule has 2 rings (SSSR count). The molecule has 0 atom stereocenters. The number of hydrogen-bond acceptors (Lipinski definition) is 5. The van der Waals surface area contributed by atoms with E-state index < -0.39 is 5.82 Å². The van der Waals surface area contributed by atoms with Crippen molar-refractivity contribution in [2.75, 3.05) is 44.4 Å². The highest BCUT2D eigenvalue weighted by Crippen LogP contribution is 2.34. The fourth-order valence-corrected chi connectivity index (χ4v) is 3.06. The van der Waals surface area contributed by atoms with E-state index in [2.05, 4.69) is 34.2 Å². The lowest BCUT2D eigenvalue weighted by Gasteiger charge is -2.38. The molecule has 1 heterocycles. The van der Waals surface area contributed by atoms with Crippen LogP contribution < -0.4 is 10.2 Å². The van der Waals surface area contributed by atoms with E-state index in [0.29, 0.717) is 11.8 Å². The van der Waals surface area contributed by atoms with Crippen LogP contribution in [0.3, 0.4) is 0 Å². The van der Waals surface area contributed by atoms with Crippen molar-refractivity contribution in [2.45, 2.75) is 38.1 Å². The maximum Gasteiger partial charge on any atom is 0.224 e. The molecule has 5 nitrogen and oxygen atoms in total. The molecule has 21 heavy (non-hydrogen) atoms. The van der Waals surface area contributed by atoms with Crippen molar-refractivity contribution in [3.63, 3.8) is 0 Å². The second kappa shape index (κ2) is 6.56. The number of anilines is 2. The number of nitrogens with zero attached hydrogens (tertiary/aromatic N) is 4. The Hall–Kier alpha value is -1.43. The molecular weight excluding hydrogens is 269 g/mol. The number of hydrogen-bond donors (Lipinski definition) is 1. The van der Waals surface area contributed by atoms with Gasteiger partial charge in [0.15, 0.2) is 11.6 Å². The van der Waals surface area contributed by atoms with E-state index in [4.69, 9.17) is 0 Å². The molecule has 1 aromatic rings. The Morgan fingerprint density at radius 3 is 2.52 bits per heavy atom. The zero-order valence-electron chi connectivity index (χ0n) is 13.5. The van der Waals surface area contributed by atoms with Crippen molar-refractivity contribution in [3.05, 3.63) is 12.0 Å². The predicted molar refractivity (Wildman–Crippen MR) is 84.3 cm³/mol. The molecule has 1 aliphatic carbocycles. The Morgan fingerprint density at radius 1 is 1.29 bits per heavy atom. The second-order valence-electron chi connectivity index (χ2n) is 6.06. The van der Waals surface area contributed by atoms with Crippen molar-refractivity contribution in [1.82, 2.24) is 14.9 Å². The summed E-state index contributed by atoms with van der Waals surface area (Å²) in [5.41, 5.74) is 0.171. The van der Waals surface area contributed by atoms with Gasteiger partial charge in [-0.3, -0.25) is 4.90 Å². The normalized spacial score (nSPS) is 17.2. The average molecular weight is 295 g/mol. The number of aromatic nitrogens is 2. The van der Waals surface area contributed by atoms with Crippen LogP contribution in [0.2, 0.25) is 0 Å². The van der Waals surface area contributed by atoms with Crippen LogP contribution >= 0.6 is 0 Å². The van der Waals surface area contributed by atoms with Gasteiger partial charge in [0.2, 0.25) is 5.95 Å². The number of nitrogens with one attached hydrogen (secondary N) is 1. The number of halogens is 1. The molecule has 6 heteroatoms. The van der Waals surface area contributed by atoms with E-state index >= 15 is 0 Å². The molecule has 118 valence electrons. The quantitative estimate of drug-likeness (QED) is 0.873. The zero-order chi connectivity index (χ0) is 15.5. The first-order chi connectivity index (χ1) is 9.98.